The van der Waals surface area contributed by atoms with Crippen molar-refractivity contribution < 1.29 is 29.2 Å². The van der Waals surface area contributed by atoms with E-state index in [-0.39, 0.29) is 34.7 Å². The number of hydrogen-bond acceptors (Lipinski definition) is 7. The van der Waals surface area contributed by atoms with E-state index in [1.165, 1.54) is 54.2 Å². The molecule has 1 N–H and O–H groups in total. The Bertz CT molecular complexity index is 1010. The maximum atomic E-state index is 12.8. The summed E-state index contributed by atoms with van der Waals surface area (Å²) in [5.74, 6) is -1.75. The van der Waals surface area contributed by atoms with Crippen molar-refractivity contribution in [2.75, 3.05) is 12.0 Å². The summed E-state index contributed by atoms with van der Waals surface area (Å²) in [6.07, 6.45) is 1.94. The maximum absolute atomic E-state index is 12.8. The van der Waals surface area contributed by atoms with Crippen LogP contribution >= 0.6 is 11.8 Å². The van der Waals surface area contributed by atoms with Gasteiger partial charge in [-0.05, 0) is 42.7 Å². The summed E-state index contributed by atoms with van der Waals surface area (Å²) in [4.78, 5) is 48.1. The highest BCUT2D eigenvalue weighted by molar-refractivity contribution is 7.98. The topological polar surface area (TPSA) is 127 Å². The van der Waals surface area contributed by atoms with Crippen molar-refractivity contribution in [1.29, 1.82) is 0 Å². The number of ether oxygens (including phenoxy) is 1. The van der Waals surface area contributed by atoms with E-state index in [0.717, 1.165) is 4.90 Å². The molecule has 29 heavy (non-hydrogen) atoms. The number of non-ortho nitro benzene ring substituents is 1. The number of fused-ring (bicyclic) bond motifs is 1. The molecular formula is C19H16N2O7S. The van der Waals surface area contributed by atoms with Crippen molar-refractivity contribution in [2.45, 2.75) is 12.5 Å². The number of nitro benzene ring substituents is 1. The molecule has 10 heteroatoms. The van der Waals surface area contributed by atoms with Gasteiger partial charge in [-0.15, -0.1) is 0 Å². The molecule has 0 fully saturated rings. The number of carboxylic acids is 1. The van der Waals surface area contributed by atoms with Gasteiger partial charge in [0.2, 0.25) is 0 Å². The van der Waals surface area contributed by atoms with Gasteiger partial charge in [-0.25, -0.2) is 4.79 Å². The molecule has 0 bridgehead atoms. The number of amides is 2. The number of carbonyl (C=O) groups excluding carboxylic acids is 2. The van der Waals surface area contributed by atoms with Crippen LogP contribution in [0.25, 0.3) is 0 Å². The van der Waals surface area contributed by atoms with Crippen LogP contribution in [-0.2, 0) is 4.79 Å². The van der Waals surface area contributed by atoms with E-state index < -0.39 is 28.7 Å². The SMILES string of the molecule is CSCCC(C(=O)O)N1C(=O)c2ccc(Oc3cccc([N+](=O)[O-])c3)cc2C1=O. The molecule has 0 aromatic heterocycles. The lowest BCUT2D eigenvalue weighted by Gasteiger charge is -2.22. The fourth-order valence-electron chi connectivity index (χ4n) is 2.97. The number of rotatable bonds is 8. The number of aliphatic carboxylic acids is 1. The van der Waals surface area contributed by atoms with E-state index in [4.69, 9.17) is 4.74 Å². The van der Waals surface area contributed by atoms with Crippen LogP contribution in [0.15, 0.2) is 42.5 Å². The zero-order valence-corrected chi connectivity index (χ0v) is 16.0. The summed E-state index contributed by atoms with van der Waals surface area (Å²) in [5, 5.41) is 20.3. The number of nitrogens with zero attached hydrogens (tertiary/aromatic N) is 2. The summed E-state index contributed by atoms with van der Waals surface area (Å²) in [6.45, 7) is 0. The predicted octanol–water partition coefficient (Wildman–Crippen LogP) is 3.19. The molecule has 0 aliphatic carbocycles. The summed E-state index contributed by atoms with van der Waals surface area (Å²) >= 11 is 1.42. The minimum absolute atomic E-state index is 0.0355. The smallest absolute Gasteiger partial charge is 0.326 e. The number of nitro groups is 1. The first kappa shape index (κ1) is 20.3. The Kier molecular flexibility index (Phi) is 5.83. The number of thioether (sulfide) groups is 1. The third-order valence-corrected chi connectivity index (χ3v) is 4.99. The summed E-state index contributed by atoms with van der Waals surface area (Å²) in [5.41, 5.74) is -0.0238. The molecular weight excluding hydrogens is 400 g/mol. The molecule has 0 saturated carbocycles. The van der Waals surface area contributed by atoms with Crippen molar-refractivity contribution in [3.63, 3.8) is 0 Å². The van der Waals surface area contributed by atoms with Crippen molar-refractivity contribution in [2.24, 2.45) is 0 Å². The lowest BCUT2D eigenvalue weighted by atomic mass is 10.1. The van der Waals surface area contributed by atoms with Crippen LogP contribution in [0.4, 0.5) is 5.69 Å². The van der Waals surface area contributed by atoms with E-state index in [2.05, 4.69) is 0 Å². The van der Waals surface area contributed by atoms with Crippen LogP contribution in [-0.4, -0.2) is 50.8 Å². The third kappa shape index (κ3) is 4.06. The standard InChI is InChI=1S/C19H16N2O7S/c1-29-8-7-16(19(24)25)20-17(22)14-6-5-13(10-15(14)18(20)23)28-12-4-2-3-11(9-12)21(26)27/h2-6,9-10,16H,7-8H2,1H3,(H,24,25). The Hall–Kier alpha value is -3.40. The van der Waals surface area contributed by atoms with Crippen molar-refractivity contribution >= 4 is 35.2 Å². The molecule has 1 unspecified atom stereocenters. The quantitative estimate of drug-likeness (QED) is 0.395. The van der Waals surface area contributed by atoms with Gasteiger partial charge in [0.15, 0.2) is 0 Å². The average molecular weight is 416 g/mol. The normalized spacial score (nSPS) is 13.9. The van der Waals surface area contributed by atoms with Crippen molar-refractivity contribution in [1.82, 2.24) is 4.90 Å². The largest absolute Gasteiger partial charge is 0.480 e. The van der Waals surface area contributed by atoms with Crippen molar-refractivity contribution in [3.05, 3.63) is 63.7 Å². The highest BCUT2D eigenvalue weighted by atomic mass is 32.2. The second-order valence-corrected chi connectivity index (χ2v) is 7.17. The third-order valence-electron chi connectivity index (χ3n) is 4.35. The van der Waals surface area contributed by atoms with E-state index in [9.17, 15) is 29.6 Å². The number of benzene rings is 2. The van der Waals surface area contributed by atoms with Gasteiger partial charge in [0.1, 0.15) is 17.5 Å². The molecule has 3 rings (SSSR count). The van der Waals surface area contributed by atoms with Gasteiger partial charge in [0, 0.05) is 6.07 Å². The fourth-order valence-corrected chi connectivity index (χ4v) is 3.43. The van der Waals surface area contributed by atoms with Crippen LogP contribution in [0.3, 0.4) is 0 Å². The Labute approximate surface area is 169 Å². The minimum atomic E-state index is -1.25. The molecule has 9 nitrogen and oxygen atoms in total. The Morgan fingerprint density at radius 1 is 1.17 bits per heavy atom. The molecule has 0 radical (unpaired) electrons. The van der Waals surface area contributed by atoms with Gasteiger partial charge in [-0.1, -0.05) is 6.07 Å². The molecule has 2 aromatic carbocycles. The Morgan fingerprint density at radius 2 is 1.86 bits per heavy atom. The van der Waals surface area contributed by atoms with Gasteiger partial charge in [-0.2, -0.15) is 11.8 Å². The first-order chi connectivity index (χ1) is 13.8. The van der Waals surface area contributed by atoms with Crippen LogP contribution in [0.2, 0.25) is 0 Å². The van der Waals surface area contributed by atoms with Gasteiger partial charge in [0.05, 0.1) is 22.1 Å². The van der Waals surface area contributed by atoms with Gasteiger partial charge in [-0.3, -0.25) is 24.6 Å². The fraction of sp³-hybridized carbons (Fsp3) is 0.211. The van der Waals surface area contributed by atoms with E-state index in [1.54, 1.807) is 6.26 Å². The minimum Gasteiger partial charge on any atom is -0.480 e. The van der Waals surface area contributed by atoms with Gasteiger partial charge < -0.3 is 9.84 Å². The molecule has 2 aromatic rings. The monoisotopic (exact) mass is 416 g/mol. The second kappa shape index (κ2) is 8.31. The maximum Gasteiger partial charge on any atom is 0.326 e. The second-order valence-electron chi connectivity index (χ2n) is 6.18. The Morgan fingerprint density at radius 3 is 2.52 bits per heavy atom. The van der Waals surface area contributed by atoms with Gasteiger partial charge >= 0.3 is 5.97 Å². The average Bonchev–Trinajstić information content (AvgIpc) is 2.93. The van der Waals surface area contributed by atoms with Gasteiger partial charge in [0.25, 0.3) is 17.5 Å². The molecule has 1 aliphatic rings. The van der Waals surface area contributed by atoms with E-state index in [1.807, 2.05) is 0 Å². The van der Waals surface area contributed by atoms with Crippen molar-refractivity contribution in [3.8, 4) is 11.5 Å². The van der Waals surface area contributed by atoms with E-state index >= 15 is 0 Å². The number of carbonyl (C=O) groups is 3. The molecule has 1 atom stereocenters. The molecule has 1 heterocycles. The number of hydrogen-bond donors (Lipinski definition) is 1. The van der Waals surface area contributed by atoms with E-state index in [0.29, 0.717) is 5.75 Å². The highest BCUT2D eigenvalue weighted by Gasteiger charge is 2.42. The molecule has 2 amide bonds. The molecule has 150 valence electrons. The summed E-state index contributed by atoms with van der Waals surface area (Å²) in [7, 11) is 0. The van der Waals surface area contributed by atoms with Crippen LogP contribution < -0.4 is 4.74 Å². The number of carboxylic acid groups (broad SMARTS) is 1. The molecule has 1 aliphatic heterocycles. The van der Waals surface area contributed by atoms with Crippen LogP contribution in [0.1, 0.15) is 27.1 Å². The first-order valence-corrected chi connectivity index (χ1v) is 9.89. The zero-order valence-electron chi connectivity index (χ0n) is 15.2. The lowest BCUT2D eigenvalue weighted by Crippen LogP contribution is -2.45. The Balaban J connectivity index is 1.88. The predicted molar refractivity (Wildman–Crippen MR) is 105 cm³/mol. The van der Waals surface area contributed by atoms with Crippen LogP contribution in [0, 0.1) is 10.1 Å². The summed E-state index contributed by atoms with van der Waals surface area (Å²) < 4.78 is 5.58. The summed E-state index contributed by atoms with van der Waals surface area (Å²) in [6, 6.07) is 8.44. The lowest BCUT2D eigenvalue weighted by molar-refractivity contribution is -0.384. The number of imide groups is 1. The zero-order chi connectivity index (χ0) is 21.1. The molecule has 0 spiro atoms. The first-order valence-electron chi connectivity index (χ1n) is 8.49. The molecule has 0 saturated heterocycles. The van der Waals surface area contributed by atoms with Crippen LogP contribution in [0.5, 0.6) is 11.5 Å². The highest BCUT2D eigenvalue weighted by Crippen LogP contribution is 2.32.